The first kappa shape index (κ1) is 15.6. The molecule has 2 fully saturated rings. The molecular weight excluding hydrogens is 326 g/mol. The predicted molar refractivity (Wildman–Crippen MR) is 85.9 cm³/mol. The molecule has 0 bridgehead atoms. The molecule has 25 heavy (non-hydrogen) atoms. The van der Waals surface area contributed by atoms with Crippen LogP contribution in [0.25, 0.3) is 0 Å². The molecule has 2 aromatic heterocycles. The zero-order valence-corrected chi connectivity index (χ0v) is 13.5. The van der Waals surface area contributed by atoms with E-state index in [4.69, 9.17) is 4.42 Å². The summed E-state index contributed by atoms with van der Waals surface area (Å²) in [6.45, 7) is 3.40. The number of nitrogens with zero attached hydrogens (tertiary/aromatic N) is 7. The standard InChI is InChI=1S/C15H17N7O3/c16-7-13-15(25-14(18-13)11-1-2-11)20-5-3-19(4-6-20)10-21-9-12(8-17-21)22(23)24/h8-9,11H,1-6,10H2. The number of nitro groups is 1. The van der Waals surface area contributed by atoms with Crippen molar-refractivity contribution in [2.24, 2.45) is 0 Å². The number of hydrogen-bond donors (Lipinski definition) is 0. The van der Waals surface area contributed by atoms with Gasteiger partial charge in [0.2, 0.25) is 17.5 Å². The first-order chi connectivity index (χ1) is 12.1. The Kier molecular flexibility index (Phi) is 3.85. The van der Waals surface area contributed by atoms with Crippen molar-refractivity contribution in [1.82, 2.24) is 19.7 Å². The molecule has 0 atom stereocenters. The van der Waals surface area contributed by atoms with Gasteiger partial charge in [0.25, 0.3) is 0 Å². The van der Waals surface area contributed by atoms with Crippen molar-refractivity contribution in [2.75, 3.05) is 31.1 Å². The van der Waals surface area contributed by atoms with E-state index in [1.165, 1.54) is 12.4 Å². The molecule has 130 valence electrons. The Morgan fingerprint density at radius 2 is 2.12 bits per heavy atom. The van der Waals surface area contributed by atoms with E-state index in [1.54, 1.807) is 4.68 Å². The molecule has 0 amide bonds. The lowest BCUT2D eigenvalue weighted by Crippen LogP contribution is -2.47. The molecule has 2 aromatic rings. The summed E-state index contributed by atoms with van der Waals surface area (Å²) in [6, 6.07) is 2.12. The van der Waals surface area contributed by atoms with Gasteiger partial charge in [-0.3, -0.25) is 19.7 Å². The fourth-order valence-electron chi connectivity index (χ4n) is 2.94. The average Bonchev–Trinajstić information content (AvgIpc) is 3.20. The fraction of sp³-hybridized carbons (Fsp3) is 0.533. The molecule has 10 heteroatoms. The van der Waals surface area contributed by atoms with Crippen molar-refractivity contribution in [3.63, 3.8) is 0 Å². The lowest BCUT2D eigenvalue weighted by Gasteiger charge is -2.34. The third kappa shape index (κ3) is 3.18. The molecule has 2 aliphatic rings. The van der Waals surface area contributed by atoms with E-state index in [9.17, 15) is 15.4 Å². The molecule has 10 nitrogen and oxygen atoms in total. The molecule has 0 spiro atoms. The van der Waals surface area contributed by atoms with Gasteiger partial charge >= 0.3 is 5.69 Å². The van der Waals surface area contributed by atoms with Crippen molar-refractivity contribution >= 4 is 11.6 Å². The highest BCUT2D eigenvalue weighted by Gasteiger charge is 2.32. The van der Waals surface area contributed by atoms with E-state index in [1.807, 2.05) is 4.90 Å². The molecule has 0 N–H and O–H groups in total. The van der Waals surface area contributed by atoms with Crippen LogP contribution in [0.2, 0.25) is 0 Å². The maximum absolute atomic E-state index is 10.7. The molecule has 1 aliphatic carbocycles. The van der Waals surface area contributed by atoms with Crippen LogP contribution in [0.4, 0.5) is 11.6 Å². The summed E-state index contributed by atoms with van der Waals surface area (Å²) in [5, 5.41) is 24.0. The van der Waals surface area contributed by atoms with E-state index < -0.39 is 4.92 Å². The molecular formula is C15H17N7O3. The summed E-state index contributed by atoms with van der Waals surface area (Å²) in [5.74, 6) is 1.62. The van der Waals surface area contributed by atoms with Crippen molar-refractivity contribution in [2.45, 2.75) is 25.4 Å². The maximum Gasteiger partial charge on any atom is 0.307 e. The molecule has 1 aliphatic heterocycles. The van der Waals surface area contributed by atoms with Gasteiger partial charge < -0.3 is 9.32 Å². The summed E-state index contributed by atoms with van der Waals surface area (Å²) in [5.41, 5.74) is 0.351. The Balaban J connectivity index is 1.38. The summed E-state index contributed by atoms with van der Waals surface area (Å²) in [7, 11) is 0. The van der Waals surface area contributed by atoms with Crippen LogP contribution in [0, 0.1) is 21.4 Å². The molecule has 3 heterocycles. The zero-order valence-electron chi connectivity index (χ0n) is 13.5. The molecule has 0 radical (unpaired) electrons. The second-order valence-corrected chi connectivity index (χ2v) is 6.33. The highest BCUT2D eigenvalue weighted by atomic mass is 16.6. The van der Waals surface area contributed by atoms with Crippen LogP contribution in [0.5, 0.6) is 0 Å². The van der Waals surface area contributed by atoms with Crippen molar-refractivity contribution in [1.29, 1.82) is 5.26 Å². The molecule has 1 saturated carbocycles. The molecule has 1 saturated heterocycles. The number of oxazole rings is 1. The van der Waals surface area contributed by atoms with Crippen molar-refractivity contribution in [3.05, 3.63) is 34.1 Å². The maximum atomic E-state index is 10.7. The SMILES string of the molecule is N#Cc1nc(C2CC2)oc1N1CCN(Cn2cc([N+](=O)[O-])cn2)CC1. The first-order valence-corrected chi connectivity index (χ1v) is 8.19. The molecule has 4 rings (SSSR count). The number of hydrogen-bond acceptors (Lipinski definition) is 8. The molecule has 0 unspecified atom stereocenters. The summed E-state index contributed by atoms with van der Waals surface area (Å²) in [4.78, 5) is 18.8. The van der Waals surface area contributed by atoms with E-state index >= 15 is 0 Å². The van der Waals surface area contributed by atoms with Gasteiger partial charge in [0.1, 0.15) is 18.5 Å². The quantitative estimate of drug-likeness (QED) is 0.589. The Morgan fingerprint density at radius 3 is 2.72 bits per heavy atom. The largest absolute Gasteiger partial charge is 0.423 e. The highest BCUT2D eigenvalue weighted by molar-refractivity contribution is 5.48. The highest BCUT2D eigenvalue weighted by Crippen LogP contribution is 2.41. The Labute approximate surface area is 143 Å². The van der Waals surface area contributed by atoms with Crippen LogP contribution in [0.3, 0.4) is 0 Å². The normalized spacial score (nSPS) is 18.3. The van der Waals surface area contributed by atoms with Crippen molar-refractivity contribution < 1.29 is 9.34 Å². The van der Waals surface area contributed by atoms with E-state index in [-0.39, 0.29) is 5.69 Å². The number of aromatic nitrogens is 3. The average molecular weight is 343 g/mol. The third-order valence-corrected chi connectivity index (χ3v) is 4.49. The lowest BCUT2D eigenvalue weighted by atomic mass is 10.3. The number of nitriles is 1. The minimum atomic E-state index is -0.452. The summed E-state index contributed by atoms with van der Waals surface area (Å²) >= 11 is 0. The van der Waals surface area contributed by atoms with E-state index in [2.05, 4.69) is 21.1 Å². The van der Waals surface area contributed by atoms with Gasteiger partial charge in [0, 0.05) is 32.1 Å². The number of rotatable bonds is 5. The smallest absolute Gasteiger partial charge is 0.307 e. The van der Waals surface area contributed by atoms with Crippen LogP contribution in [0.1, 0.15) is 30.3 Å². The second kappa shape index (κ2) is 6.18. The van der Waals surface area contributed by atoms with Crippen LogP contribution in [0.15, 0.2) is 16.8 Å². The fourth-order valence-corrected chi connectivity index (χ4v) is 2.94. The van der Waals surface area contributed by atoms with Crippen LogP contribution >= 0.6 is 0 Å². The number of anilines is 1. The van der Waals surface area contributed by atoms with E-state index in [0.29, 0.717) is 43.1 Å². The minimum Gasteiger partial charge on any atom is -0.423 e. The number of piperazine rings is 1. The van der Waals surface area contributed by atoms with Gasteiger partial charge in [0.05, 0.1) is 11.6 Å². The summed E-state index contributed by atoms with van der Waals surface area (Å²) in [6.07, 6.45) is 4.84. The monoisotopic (exact) mass is 343 g/mol. The van der Waals surface area contributed by atoms with Gasteiger partial charge in [-0.2, -0.15) is 10.4 Å². The lowest BCUT2D eigenvalue weighted by molar-refractivity contribution is -0.385. The van der Waals surface area contributed by atoms with E-state index in [0.717, 1.165) is 25.9 Å². The van der Waals surface area contributed by atoms with Crippen LogP contribution < -0.4 is 4.90 Å². The zero-order chi connectivity index (χ0) is 17.4. The predicted octanol–water partition coefficient (Wildman–Crippen LogP) is 1.31. The third-order valence-electron chi connectivity index (χ3n) is 4.49. The van der Waals surface area contributed by atoms with Crippen molar-refractivity contribution in [3.8, 4) is 6.07 Å². The minimum absolute atomic E-state index is 0.00781. The van der Waals surface area contributed by atoms with Crippen LogP contribution in [-0.4, -0.2) is 50.8 Å². The molecule has 0 aromatic carbocycles. The van der Waals surface area contributed by atoms with Gasteiger partial charge in [0.15, 0.2) is 0 Å². The topological polar surface area (TPSA) is 117 Å². The first-order valence-electron chi connectivity index (χ1n) is 8.19. The summed E-state index contributed by atoms with van der Waals surface area (Å²) < 4.78 is 7.40. The van der Waals surface area contributed by atoms with Gasteiger partial charge in [-0.15, -0.1) is 0 Å². The Bertz CT molecular complexity index is 825. The van der Waals surface area contributed by atoms with Gasteiger partial charge in [-0.25, -0.2) is 4.98 Å². The van der Waals surface area contributed by atoms with Gasteiger partial charge in [-0.05, 0) is 12.8 Å². The van der Waals surface area contributed by atoms with Gasteiger partial charge in [-0.1, -0.05) is 0 Å². The Morgan fingerprint density at radius 1 is 1.36 bits per heavy atom. The van der Waals surface area contributed by atoms with Crippen LogP contribution in [-0.2, 0) is 6.67 Å². The Hall–Kier alpha value is -2.93. The second-order valence-electron chi connectivity index (χ2n) is 6.33.